The SMILES string of the molecule is NC(=NCC1(C2CC2)CC1)N1CCOCC1. The molecule has 2 saturated carbocycles. The fraction of sp³-hybridized carbons (Fsp3) is 0.917. The number of morpholine rings is 1. The summed E-state index contributed by atoms with van der Waals surface area (Å²) in [7, 11) is 0. The van der Waals surface area contributed by atoms with E-state index in [1.54, 1.807) is 0 Å². The second kappa shape index (κ2) is 3.91. The van der Waals surface area contributed by atoms with Gasteiger partial charge in [-0.1, -0.05) is 0 Å². The fourth-order valence-electron chi connectivity index (χ4n) is 2.68. The fourth-order valence-corrected chi connectivity index (χ4v) is 2.68. The average molecular weight is 223 g/mol. The van der Waals surface area contributed by atoms with Crippen LogP contribution in [0.2, 0.25) is 0 Å². The van der Waals surface area contributed by atoms with Crippen LogP contribution >= 0.6 is 0 Å². The number of hydrogen-bond donors (Lipinski definition) is 1. The van der Waals surface area contributed by atoms with Gasteiger partial charge >= 0.3 is 0 Å². The first-order valence-corrected chi connectivity index (χ1v) is 6.43. The molecule has 4 heteroatoms. The van der Waals surface area contributed by atoms with Gasteiger partial charge in [0.05, 0.1) is 13.2 Å². The van der Waals surface area contributed by atoms with Gasteiger partial charge in [0.2, 0.25) is 0 Å². The molecule has 0 aromatic carbocycles. The molecule has 2 N–H and O–H groups in total. The van der Waals surface area contributed by atoms with E-state index < -0.39 is 0 Å². The highest BCUT2D eigenvalue weighted by Crippen LogP contribution is 2.61. The molecule has 0 aromatic rings. The summed E-state index contributed by atoms with van der Waals surface area (Å²) >= 11 is 0. The minimum atomic E-state index is 0.566. The van der Waals surface area contributed by atoms with Crippen LogP contribution in [0.15, 0.2) is 4.99 Å². The highest BCUT2D eigenvalue weighted by Gasteiger charge is 2.53. The molecule has 1 aliphatic heterocycles. The van der Waals surface area contributed by atoms with Crippen LogP contribution in [0, 0.1) is 11.3 Å². The third kappa shape index (κ3) is 2.03. The van der Waals surface area contributed by atoms with E-state index in [4.69, 9.17) is 10.5 Å². The lowest BCUT2D eigenvalue weighted by Gasteiger charge is -2.28. The van der Waals surface area contributed by atoms with Crippen molar-refractivity contribution in [3.8, 4) is 0 Å². The summed E-state index contributed by atoms with van der Waals surface area (Å²) in [5, 5.41) is 0. The van der Waals surface area contributed by atoms with Crippen LogP contribution in [-0.2, 0) is 4.74 Å². The maximum Gasteiger partial charge on any atom is 0.191 e. The minimum absolute atomic E-state index is 0.566. The third-order valence-electron chi connectivity index (χ3n) is 4.23. The van der Waals surface area contributed by atoms with Crippen molar-refractivity contribution in [2.24, 2.45) is 22.1 Å². The van der Waals surface area contributed by atoms with Gasteiger partial charge in [0.15, 0.2) is 5.96 Å². The van der Waals surface area contributed by atoms with Crippen molar-refractivity contribution >= 4 is 5.96 Å². The number of hydrogen-bond acceptors (Lipinski definition) is 2. The Kier molecular flexibility index (Phi) is 2.54. The molecular weight excluding hydrogens is 202 g/mol. The number of ether oxygens (including phenoxy) is 1. The van der Waals surface area contributed by atoms with Crippen LogP contribution in [0.25, 0.3) is 0 Å². The zero-order valence-electron chi connectivity index (χ0n) is 9.82. The molecule has 4 nitrogen and oxygen atoms in total. The van der Waals surface area contributed by atoms with Crippen molar-refractivity contribution < 1.29 is 4.74 Å². The monoisotopic (exact) mass is 223 g/mol. The zero-order valence-corrected chi connectivity index (χ0v) is 9.82. The summed E-state index contributed by atoms with van der Waals surface area (Å²) in [4.78, 5) is 6.75. The summed E-state index contributed by atoms with van der Waals surface area (Å²) in [6, 6.07) is 0. The van der Waals surface area contributed by atoms with E-state index >= 15 is 0 Å². The summed E-state index contributed by atoms with van der Waals surface area (Å²) in [5.74, 6) is 1.70. The summed E-state index contributed by atoms with van der Waals surface area (Å²) in [6.45, 7) is 4.31. The quantitative estimate of drug-likeness (QED) is 0.569. The molecule has 0 amide bonds. The van der Waals surface area contributed by atoms with Crippen molar-refractivity contribution in [2.75, 3.05) is 32.8 Å². The lowest BCUT2D eigenvalue weighted by molar-refractivity contribution is 0.0673. The van der Waals surface area contributed by atoms with Gasteiger partial charge in [0.25, 0.3) is 0 Å². The predicted octanol–water partition coefficient (Wildman–Crippen LogP) is 0.823. The molecule has 1 saturated heterocycles. The Labute approximate surface area is 96.8 Å². The van der Waals surface area contributed by atoms with E-state index in [0.29, 0.717) is 5.41 Å². The van der Waals surface area contributed by atoms with Gasteiger partial charge in [-0.15, -0.1) is 0 Å². The van der Waals surface area contributed by atoms with Gasteiger partial charge in [-0.25, -0.2) is 0 Å². The van der Waals surface area contributed by atoms with E-state index in [0.717, 1.165) is 44.7 Å². The van der Waals surface area contributed by atoms with Crippen molar-refractivity contribution in [1.29, 1.82) is 0 Å². The van der Waals surface area contributed by atoms with Gasteiger partial charge in [-0.05, 0) is 37.0 Å². The molecule has 0 aromatic heterocycles. The van der Waals surface area contributed by atoms with E-state index in [-0.39, 0.29) is 0 Å². The highest BCUT2D eigenvalue weighted by molar-refractivity contribution is 5.78. The first kappa shape index (κ1) is 10.4. The van der Waals surface area contributed by atoms with E-state index in [1.165, 1.54) is 25.7 Å². The average Bonchev–Trinajstić information content (AvgIpc) is 3.17. The lowest BCUT2D eigenvalue weighted by Crippen LogP contribution is -2.45. The van der Waals surface area contributed by atoms with Crippen molar-refractivity contribution in [3.05, 3.63) is 0 Å². The normalized spacial score (nSPS) is 29.2. The number of nitrogens with zero attached hydrogens (tertiary/aromatic N) is 2. The van der Waals surface area contributed by atoms with Crippen LogP contribution in [-0.4, -0.2) is 43.7 Å². The first-order valence-electron chi connectivity index (χ1n) is 6.43. The van der Waals surface area contributed by atoms with Gasteiger partial charge in [-0.3, -0.25) is 4.99 Å². The second-order valence-corrected chi connectivity index (χ2v) is 5.41. The molecule has 3 rings (SSSR count). The maximum absolute atomic E-state index is 6.02. The molecule has 16 heavy (non-hydrogen) atoms. The third-order valence-corrected chi connectivity index (χ3v) is 4.23. The Morgan fingerprint density at radius 2 is 2.00 bits per heavy atom. The second-order valence-electron chi connectivity index (χ2n) is 5.41. The number of rotatable bonds is 3. The van der Waals surface area contributed by atoms with Crippen LogP contribution in [0.3, 0.4) is 0 Å². The Hall–Kier alpha value is -0.770. The molecule has 0 atom stereocenters. The standard InChI is InChI=1S/C12H21N3O/c13-11(15-5-7-16-8-6-15)14-9-12(3-4-12)10-1-2-10/h10H,1-9H2,(H2,13,14). The Bertz CT molecular complexity index is 289. The molecule has 3 aliphatic rings. The molecule has 0 radical (unpaired) electrons. The van der Waals surface area contributed by atoms with E-state index in [2.05, 4.69) is 9.89 Å². The zero-order chi connectivity index (χ0) is 11.0. The van der Waals surface area contributed by atoms with Crippen molar-refractivity contribution in [1.82, 2.24) is 4.90 Å². The Morgan fingerprint density at radius 3 is 2.56 bits per heavy atom. The van der Waals surface area contributed by atoms with E-state index in [9.17, 15) is 0 Å². The first-order chi connectivity index (χ1) is 7.80. The Balaban J connectivity index is 1.54. The van der Waals surface area contributed by atoms with Crippen LogP contribution in [0.5, 0.6) is 0 Å². The number of guanidine groups is 1. The molecule has 0 bridgehead atoms. The molecule has 0 spiro atoms. The molecule has 1 heterocycles. The number of aliphatic imine (C=N–C) groups is 1. The van der Waals surface area contributed by atoms with Crippen LogP contribution in [0.1, 0.15) is 25.7 Å². The Morgan fingerprint density at radius 1 is 1.31 bits per heavy atom. The summed E-state index contributed by atoms with van der Waals surface area (Å²) in [5.41, 5.74) is 6.59. The molecule has 3 fully saturated rings. The van der Waals surface area contributed by atoms with Crippen LogP contribution in [0.4, 0.5) is 0 Å². The van der Waals surface area contributed by atoms with Crippen molar-refractivity contribution in [3.63, 3.8) is 0 Å². The van der Waals surface area contributed by atoms with Gasteiger partial charge < -0.3 is 15.4 Å². The lowest BCUT2D eigenvalue weighted by atomic mass is 10.0. The maximum atomic E-state index is 6.02. The molecular formula is C12H21N3O. The molecule has 2 aliphatic carbocycles. The molecule has 90 valence electrons. The number of nitrogens with two attached hydrogens (primary N) is 1. The predicted molar refractivity (Wildman–Crippen MR) is 63.3 cm³/mol. The van der Waals surface area contributed by atoms with Gasteiger partial charge in [-0.2, -0.15) is 0 Å². The largest absolute Gasteiger partial charge is 0.378 e. The molecule has 0 unspecified atom stereocenters. The van der Waals surface area contributed by atoms with Gasteiger partial charge in [0.1, 0.15) is 0 Å². The minimum Gasteiger partial charge on any atom is -0.378 e. The summed E-state index contributed by atoms with van der Waals surface area (Å²) in [6.07, 6.45) is 5.59. The smallest absolute Gasteiger partial charge is 0.191 e. The summed E-state index contributed by atoms with van der Waals surface area (Å²) < 4.78 is 5.30. The van der Waals surface area contributed by atoms with Crippen LogP contribution < -0.4 is 5.73 Å². The highest BCUT2D eigenvalue weighted by atomic mass is 16.5. The van der Waals surface area contributed by atoms with Gasteiger partial charge in [0, 0.05) is 19.6 Å². The van der Waals surface area contributed by atoms with Crippen molar-refractivity contribution in [2.45, 2.75) is 25.7 Å². The topological polar surface area (TPSA) is 50.8 Å². The van der Waals surface area contributed by atoms with E-state index in [1.807, 2.05) is 0 Å².